The molecule has 1 unspecified atom stereocenters. The molecule has 4 heteroatoms. The topological polar surface area (TPSA) is 57.6 Å². The maximum atomic E-state index is 12.1. The van der Waals surface area contributed by atoms with Gasteiger partial charge in [0.2, 0.25) is 5.91 Å². The van der Waals surface area contributed by atoms with E-state index in [0.717, 1.165) is 12.1 Å². The highest BCUT2D eigenvalue weighted by Gasteiger charge is 2.25. The van der Waals surface area contributed by atoms with Crippen molar-refractivity contribution in [1.29, 1.82) is 0 Å². The minimum Gasteiger partial charge on any atom is -0.481 e. The third-order valence-corrected chi connectivity index (χ3v) is 3.23. The van der Waals surface area contributed by atoms with Gasteiger partial charge in [0.25, 0.3) is 0 Å². The Bertz CT molecular complexity index is 470. The molecule has 1 heterocycles. The fraction of sp³-hybridized carbons (Fsp3) is 0.429. The number of carboxylic acids is 1. The van der Waals surface area contributed by atoms with Gasteiger partial charge in [-0.3, -0.25) is 9.59 Å². The van der Waals surface area contributed by atoms with Crippen molar-refractivity contribution in [3.8, 4) is 0 Å². The molecular weight excluding hydrogens is 230 g/mol. The van der Waals surface area contributed by atoms with Crippen LogP contribution in [-0.4, -0.2) is 23.5 Å². The second-order valence-electron chi connectivity index (χ2n) is 4.83. The summed E-state index contributed by atoms with van der Waals surface area (Å²) < 4.78 is 0. The lowest BCUT2D eigenvalue weighted by Gasteiger charge is -2.19. The Morgan fingerprint density at radius 3 is 2.78 bits per heavy atom. The molecular formula is C14H17NO3. The highest BCUT2D eigenvalue weighted by Crippen LogP contribution is 2.28. The Kier molecular flexibility index (Phi) is 3.65. The first-order valence-electron chi connectivity index (χ1n) is 6.18. The maximum absolute atomic E-state index is 12.1. The molecule has 1 amide bonds. The molecule has 0 aromatic heterocycles. The summed E-state index contributed by atoms with van der Waals surface area (Å²) in [6, 6.07) is 7.87. The number of carbonyl (C=O) groups excluding carboxylic acids is 1. The molecule has 1 aliphatic rings. The second-order valence-corrected chi connectivity index (χ2v) is 4.83. The number of carbonyl (C=O) groups is 2. The van der Waals surface area contributed by atoms with Gasteiger partial charge < -0.3 is 10.0 Å². The summed E-state index contributed by atoms with van der Waals surface area (Å²) in [4.78, 5) is 24.5. The zero-order chi connectivity index (χ0) is 13.1. The van der Waals surface area contributed by atoms with E-state index in [1.807, 2.05) is 24.3 Å². The molecule has 1 aliphatic heterocycles. The Labute approximate surface area is 106 Å². The zero-order valence-corrected chi connectivity index (χ0v) is 10.4. The quantitative estimate of drug-likeness (QED) is 0.886. The summed E-state index contributed by atoms with van der Waals surface area (Å²) in [5.41, 5.74) is 2.17. The number of benzene rings is 1. The van der Waals surface area contributed by atoms with Crippen LogP contribution in [0.3, 0.4) is 0 Å². The number of hydrogen-bond acceptors (Lipinski definition) is 2. The van der Waals surface area contributed by atoms with Crippen LogP contribution in [0.4, 0.5) is 5.69 Å². The van der Waals surface area contributed by atoms with Gasteiger partial charge in [-0.05, 0) is 24.0 Å². The predicted octanol–water partition coefficient (Wildman–Crippen LogP) is 2.08. The van der Waals surface area contributed by atoms with Crippen LogP contribution >= 0.6 is 0 Å². The first kappa shape index (κ1) is 12.6. The molecule has 96 valence electrons. The molecule has 0 aliphatic carbocycles. The van der Waals surface area contributed by atoms with E-state index < -0.39 is 5.97 Å². The molecule has 1 N–H and O–H groups in total. The summed E-state index contributed by atoms with van der Waals surface area (Å²) in [5.74, 6) is -0.950. The van der Waals surface area contributed by atoms with Crippen molar-refractivity contribution >= 4 is 17.6 Å². The Morgan fingerprint density at radius 2 is 2.06 bits per heavy atom. The molecule has 0 radical (unpaired) electrons. The van der Waals surface area contributed by atoms with E-state index in [2.05, 4.69) is 0 Å². The van der Waals surface area contributed by atoms with Crippen molar-refractivity contribution in [2.75, 3.05) is 11.4 Å². The smallest absolute Gasteiger partial charge is 0.303 e. The van der Waals surface area contributed by atoms with Crippen LogP contribution in [0.25, 0.3) is 0 Å². The average Bonchev–Trinajstić information content (AvgIpc) is 2.71. The zero-order valence-electron chi connectivity index (χ0n) is 10.4. The Morgan fingerprint density at radius 1 is 1.33 bits per heavy atom. The van der Waals surface area contributed by atoms with E-state index >= 15 is 0 Å². The number of amides is 1. The number of anilines is 1. The first-order chi connectivity index (χ1) is 8.58. The summed E-state index contributed by atoms with van der Waals surface area (Å²) in [6.07, 6.45) is 1.22. The summed E-state index contributed by atoms with van der Waals surface area (Å²) >= 11 is 0. The van der Waals surface area contributed by atoms with Gasteiger partial charge in [-0.15, -0.1) is 0 Å². The van der Waals surface area contributed by atoms with Gasteiger partial charge in [0.05, 0.1) is 0 Å². The Hall–Kier alpha value is -1.84. The Balaban J connectivity index is 2.01. The molecule has 0 fully saturated rings. The van der Waals surface area contributed by atoms with E-state index in [1.54, 1.807) is 11.8 Å². The van der Waals surface area contributed by atoms with Crippen LogP contribution in [0.15, 0.2) is 24.3 Å². The molecule has 0 saturated carbocycles. The van der Waals surface area contributed by atoms with Gasteiger partial charge in [-0.25, -0.2) is 0 Å². The van der Waals surface area contributed by atoms with Gasteiger partial charge in [-0.1, -0.05) is 25.1 Å². The predicted molar refractivity (Wildman–Crippen MR) is 68.5 cm³/mol. The standard InChI is InChI=1S/C14H17NO3/c1-10(9-14(17)18)8-13(16)15-7-6-11-4-2-3-5-12(11)15/h2-5,10H,6-9H2,1H3,(H,17,18). The van der Waals surface area contributed by atoms with Crippen molar-refractivity contribution in [2.45, 2.75) is 26.2 Å². The maximum Gasteiger partial charge on any atom is 0.303 e. The molecule has 2 rings (SSSR count). The van der Waals surface area contributed by atoms with Crippen LogP contribution < -0.4 is 4.90 Å². The number of nitrogens with zero attached hydrogens (tertiary/aromatic N) is 1. The lowest BCUT2D eigenvalue weighted by molar-refractivity contribution is -0.138. The van der Waals surface area contributed by atoms with Gasteiger partial charge in [-0.2, -0.15) is 0 Å². The second kappa shape index (κ2) is 5.21. The largest absolute Gasteiger partial charge is 0.481 e. The number of aliphatic carboxylic acids is 1. The average molecular weight is 247 g/mol. The number of carboxylic acid groups (broad SMARTS) is 1. The number of fused-ring (bicyclic) bond motifs is 1. The minimum atomic E-state index is -0.850. The molecule has 4 nitrogen and oxygen atoms in total. The van der Waals surface area contributed by atoms with E-state index in [4.69, 9.17) is 5.11 Å². The first-order valence-corrected chi connectivity index (χ1v) is 6.18. The van der Waals surface area contributed by atoms with Gasteiger partial charge >= 0.3 is 5.97 Å². The van der Waals surface area contributed by atoms with Gasteiger partial charge in [0.1, 0.15) is 0 Å². The highest BCUT2D eigenvalue weighted by atomic mass is 16.4. The fourth-order valence-electron chi connectivity index (χ4n) is 2.38. The number of rotatable bonds is 4. The molecule has 0 saturated heterocycles. The van der Waals surface area contributed by atoms with E-state index in [0.29, 0.717) is 13.0 Å². The molecule has 1 aromatic carbocycles. The fourth-order valence-corrected chi connectivity index (χ4v) is 2.38. The summed E-state index contributed by atoms with van der Waals surface area (Å²) in [5, 5.41) is 8.69. The van der Waals surface area contributed by atoms with Crippen molar-refractivity contribution in [1.82, 2.24) is 0 Å². The lowest BCUT2D eigenvalue weighted by atomic mass is 10.0. The van der Waals surface area contributed by atoms with E-state index in [-0.39, 0.29) is 18.2 Å². The monoisotopic (exact) mass is 247 g/mol. The number of para-hydroxylation sites is 1. The normalized spacial score (nSPS) is 15.3. The van der Waals surface area contributed by atoms with Crippen molar-refractivity contribution in [3.63, 3.8) is 0 Å². The third kappa shape index (κ3) is 2.70. The molecule has 1 atom stereocenters. The molecule has 0 bridgehead atoms. The highest BCUT2D eigenvalue weighted by molar-refractivity contribution is 5.95. The molecule has 18 heavy (non-hydrogen) atoms. The summed E-state index contributed by atoms with van der Waals surface area (Å²) in [7, 11) is 0. The van der Waals surface area contributed by atoms with Crippen LogP contribution in [0.2, 0.25) is 0 Å². The van der Waals surface area contributed by atoms with Gasteiger partial charge in [0, 0.05) is 25.1 Å². The van der Waals surface area contributed by atoms with Crippen molar-refractivity contribution < 1.29 is 14.7 Å². The van der Waals surface area contributed by atoms with Crippen molar-refractivity contribution in [2.24, 2.45) is 5.92 Å². The minimum absolute atomic E-state index is 0.0219. The van der Waals surface area contributed by atoms with Crippen LogP contribution in [-0.2, 0) is 16.0 Å². The van der Waals surface area contributed by atoms with Crippen LogP contribution in [0, 0.1) is 5.92 Å². The van der Waals surface area contributed by atoms with Crippen LogP contribution in [0.1, 0.15) is 25.3 Å². The molecule has 0 spiro atoms. The summed E-state index contributed by atoms with van der Waals surface area (Å²) in [6.45, 7) is 2.51. The van der Waals surface area contributed by atoms with Crippen molar-refractivity contribution in [3.05, 3.63) is 29.8 Å². The number of hydrogen-bond donors (Lipinski definition) is 1. The van der Waals surface area contributed by atoms with Gasteiger partial charge in [0.15, 0.2) is 0 Å². The third-order valence-electron chi connectivity index (χ3n) is 3.23. The van der Waals surface area contributed by atoms with E-state index in [9.17, 15) is 9.59 Å². The SMILES string of the molecule is CC(CC(=O)O)CC(=O)N1CCc2ccccc21. The van der Waals surface area contributed by atoms with E-state index in [1.165, 1.54) is 5.56 Å². The van der Waals surface area contributed by atoms with Crippen LogP contribution in [0.5, 0.6) is 0 Å². The molecule has 1 aromatic rings. The lowest BCUT2D eigenvalue weighted by Crippen LogP contribution is -2.30.